The van der Waals surface area contributed by atoms with Crippen molar-refractivity contribution in [3.63, 3.8) is 0 Å². The fraction of sp³-hybridized carbons (Fsp3) is 0.571. The van der Waals surface area contributed by atoms with Gasteiger partial charge in [-0.2, -0.15) is 0 Å². The van der Waals surface area contributed by atoms with Gasteiger partial charge >= 0.3 is 11.8 Å². The molecule has 1 saturated carbocycles. The van der Waals surface area contributed by atoms with Crippen LogP contribution in [-0.2, 0) is 22.7 Å². The van der Waals surface area contributed by atoms with Crippen molar-refractivity contribution in [2.75, 3.05) is 7.05 Å². The monoisotopic (exact) mass is 337 g/mol. The van der Waals surface area contributed by atoms with Gasteiger partial charge in [0.25, 0.3) is 5.91 Å². The van der Waals surface area contributed by atoms with Gasteiger partial charge < -0.3 is 16.4 Å². The summed E-state index contributed by atoms with van der Waals surface area (Å²) in [7, 11) is 2.01. The highest BCUT2D eigenvalue weighted by Gasteiger charge is 2.32. The predicted octanol–water partition coefficient (Wildman–Crippen LogP) is -0.659. The molecule has 8 nitrogen and oxygen atoms in total. The van der Waals surface area contributed by atoms with E-state index < -0.39 is 11.8 Å². The maximum atomic E-state index is 12.4. The van der Waals surface area contributed by atoms with Crippen LogP contribution in [0.15, 0.2) is 0 Å². The molecule has 3 rings (SSSR count). The maximum absolute atomic E-state index is 12.4. The molecule has 2 atom stereocenters. The van der Waals surface area contributed by atoms with Crippen LogP contribution in [0.5, 0.6) is 0 Å². The lowest BCUT2D eigenvalue weighted by Gasteiger charge is -2.21. The number of nitrogens with zero attached hydrogens (tertiary/aromatic N) is 2. The quantitative estimate of drug-likeness (QED) is 0.633. The average molecular weight is 337 g/mol. The number of thiazole rings is 1. The Morgan fingerprint density at radius 2 is 1.91 bits per heavy atom. The molecule has 1 aromatic rings. The van der Waals surface area contributed by atoms with Crippen LogP contribution in [0.4, 0.5) is 0 Å². The summed E-state index contributed by atoms with van der Waals surface area (Å²) in [5.74, 6) is -2.05. The van der Waals surface area contributed by atoms with Crippen molar-refractivity contribution in [1.82, 2.24) is 20.5 Å². The molecule has 0 unspecified atom stereocenters. The maximum Gasteiger partial charge on any atom is 0.309 e. The second-order valence-corrected chi connectivity index (χ2v) is 7.10. The second-order valence-electron chi connectivity index (χ2n) is 6.02. The van der Waals surface area contributed by atoms with E-state index in [9.17, 15) is 14.4 Å². The number of fused-ring (bicyclic) bond motifs is 1. The van der Waals surface area contributed by atoms with Gasteiger partial charge in [-0.1, -0.05) is 0 Å². The third-order valence-corrected chi connectivity index (χ3v) is 5.26. The van der Waals surface area contributed by atoms with Gasteiger partial charge in [0.15, 0.2) is 5.01 Å². The number of aromatic nitrogens is 1. The first-order chi connectivity index (χ1) is 10.9. The van der Waals surface area contributed by atoms with E-state index in [1.54, 1.807) is 0 Å². The zero-order valence-corrected chi connectivity index (χ0v) is 13.6. The summed E-state index contributed by atoms with van der Waals surface area (Å²) in [5.41, 5.74) is 5.92. The zero-order chi connectivity index (χ0) is 16.6. The van der Waals surface area contributed by atoms with Crippen molar-refractivity contribution < 1.29 is 14.4 Å². The van der Waals surface area contributed by atoms with Gasteiger partial charge in [-0.15, -0.1) is 11.3 Å². The molecule has 9 heteroatoms. The molecule has 1 fully saturated rings. The number of hydrogen-bond donors (Lipinski definition) is 3. The van der Waals surface area contributed by atoms with Crippen LogP contribution in [0.25, 0.3) is 0 Å². The highest BCUT2D eigenvalue weighted by Crippen LogP contribution is 2.27. The van der Waals surface area contributed by atoms with Crippen molar-refractivity contribution in [3.05, 3.63) is 15.6 Å². The Labute approximate surface area is 137 Å². The summed E-state index contributed by atoms with van der Waals surface area (Å²) in [6.07, 6.45) is 2.33. The van der Waals surface area contributed by atoms with E-state index in [0.29, 0.717) is 11.4 Å². The van der Waals surface area contributed by atoms with Gasteiger partial charge in [-0.25, -0.2) is 4.98 Å². The smallest absolute Gasteiger partial charge is 0.309 e. The molecule has 2 heterocycles. The summed E-state index contributed by atoms with van der Waals surface area (Å²) < 4.78 is 0. The number of amides is 3. The number of carbonyl (C=O) groups is 3. The largest absolute Gasteiger partial charge is 0.361 e. The van der Waals surface area contributed by atoms with Crippen LogP contribution in [-0.4, -0.2) is 46.7 Å². The lowest BCUT2D eigenvalue weighted by molar-refractivity contribution is -0.137. The molecule has 3 amide bonds. The van der Waals surface area contributed by atoms with Gasteiger partial charge in [-0.05, 0) is 26.3 Å². The molecule has 0 bridgehead atoms. The lowest BCUT2D eigenvalue weighted by atomic mass is 10.1. The lowest BCUT2D eigenvalue weighted by Crippen LogP contribution is -2.51. The van der Waals surface area contributed by atoms with Crippen molar-refractivity contribution in [3.8, 4) is 0 Å². The van der Waals surface area contributed by atoms with Crippen LogP contribution >= 0.6 is 11.3 Å². The first-order valence-electron chi connectivity index (χ1n) is 7.52. The molecule has 0 radical (unpaired) electrons. The molecule has 0 saturated heterocycles. The molecule has 4 N–H and O–H groups in total. The number of rotatable bonds is 3. The molecule has 2 aliphatic rings. The summed E-state index contributed by atoms with van der Waals surface area (Å²) in [5, 5.41) is 5.95. The number of primary amides is 1. The molecule has 0 spiro atoms. The van der Waals surface area contributed by atoms with Gasteiger partial charge in [0.05, 0.1) is 5.69 Å². The van der Waals surface area contributed by atoms with E-state index in [4.69, 9.17) is 5.73 Å². The van der Waals surface area contributed by atoms with E-state index in [0.717, 1.165) is 36.5 Å². The van der Waals surface area contributed by atoms with Crippen molar-refractivity contribution in [2.24, 2.45) is 5.73 Å². The van der Waals surface area contributed by atoms with E-state index in [1.165, 1.54) is 11.3 Å². The van der Waals surface area contributed by atoms with E-state index in [2.05, 4.69) is 20.5 Å². The van der Waals surface area contributed by atoms with Gasteiger partial charge in [-0.3, -0.25) is 19.3 Å². The fourth-order valence-corrected chi connectivity index (χ4v) is 4.11. The minimum absolute atomic E-state index is 0.202. The summed E-state index contributed by atoms with van der Waals surface area (Å²) in [4.78, 5) is 42.3. The number of hydrogen-bond acceptors (Lipinski definition) is 6. The molecule has 1 aliphatic carbocycles. The zero-order valence-electron chi connectivity index (χ0n) is 12.8. The van der Waals surface area contributed by atoms with Crippen LogP contribution in [0.2, 0.25) is 0 Å². The predicted molar refractivity (Wildman–Crippen MR) is 83.5 cm³/mol. The van der Waals surface area contributed by atoms with Crippen molar-refractivity contribution >= 4 is 29.1 Å². The Morgan fingerprint density at radius 3 is 2.57 bits per heavy atom. The normalized spacial score (nSPS) is 23.5. The minimum Gasteiger partial charge on any atom is -0.361 e. The molecule has 1 aliphatic heterocycles. The summed E-state index contributed by atoms with van der Waals surface area (Å²) in [6.45, 7) is 1.58. The summed E-state index contributed by atoms with van der Waals surface area (Å²) >= 11 is 1.41. The average Bonchev–Trinajstić information content (AvgIpc) is 3.13. The molecule has 23 heavy (non-hydrogen) atoms. The van der Waals surface area contributed by atoms with E-state index >= 15 is 0 Å². The SMILES string of the molecule is CN1Cc2nc(C(=O)N[C@@H]3CCC[C@H]3NC(=O)C(N)=O)sc2C1. The molecule has 1 aromatic heterocycles. The van der Waals surface area contributed by atoms with Gasteiger partial charge in [0.1, 0.15) is 0 Å². The Kier molecular flexibility index (Phi) is 4.31. The van der Waals surface area contributed by atoms with Gasteiger partial charge in [0, 0.05) is 30.1 Å². The Hall–Kier alpha value is -2.00. The molecule has 124 valence electrons. The first kappa shape index (κ1) is 15.9. The third kappa shape index (κ3) is 3.35. The van der Waals surface area contributed by atoms with Crippen LogP contribution < -0.4 is 16.4 Å². The van der Waals surface area contributed by atoms with Gasteiger partial charge in [0.2, 0.25) is 0 Å². The van der Waals surface area contributed by atoms with Crippen LogP contribution in [0, 0.1) is 0 Å². The first-order valence-corrected chi connectivity index (χ1v) is 8.34. The molecular formula is C14H19N5O3S. The topological polar surface area (TPSA) is 117 Å². The molecule has 0 aromatic carbocycles. The standard InChI is InChI=1S/C14H19N5O3S/c1-19-5-9-10(6-19)23-14(18-9)13(22)17-8-4-2-3-7(8)16-12(21)11(15)20/h7-8H,2-6H2,1H3,(H2,15,20)(H,16,21)(H,17,22)/t7-,8-/m1/s1. The number of nitrogens with one attached hydrogen (secondary N) is 2. The number of carbonyl (C=O) groups excluding carboxylic acids is 3. The Balaban J connectivity index is 1.62. The van der Waals surface area contributed by atoms with Crippen molar-refractivity contribution in [2.45, 2.75) is 44.4 Å². The van der Waals surface area contributed by atoms with E-state index in [-0.39, 0.29) is 18.0 Å². The number of nitrogens with two attached hydrogens (primary N) is 1. The van der Waals surface area contributed by atoms with Crippen molar-refractivity contribution in [1.29, 1.82) is 0 Å². The highest BCUT2D eigenvalue weighted by molar-refractivity contribution is 7.13. The summed E-state index contributed by atoms with van der Waals surface area (Å²) in [6, 6.07) is -0.468. The minimum atomic E-state index is -1.01. The van der Waals surface area contributed by atoms with Crippen LogP contribution in [0.1, 0.15) is 39.6 Å². The second kappa shape index (κ2) is 6.25. The fourth-order valence-electron chi connectivity index (χ4n) is 3.06. The molecular weight excluding hydrogens is 318 g/mol. The van der Waals surface area contributed by atoms with Crippen LogP contribution in [0.3, 0.4) is 0 Å². The third-order valence-electron chi connectivity index (χ3n) is 4.18. The Morgan fingerprint density at radius 1 is 1.22 bits per heavy atom. The Bertz CT molecular complexity index is 635. The van der Waals surface area contributed by atoms with E-state index in [1.807, 2.05) is 7.05 Å². The highest BCUT2D eigenvalue weighted by atomic mass is 32.1.